The summed E-state index contributed by atoms with van der Waals surface area (Å²) in [6.45, 7) is 1.64. The molecule has 6 nitrogen and oxygen atoms in total. The summed E-state index contributed by atoms with van der Waals surface area (Å²) in [4.78, 5) is 29.2. The van der Waals surface area contributed by atoms with Gasteiger partial charge >= 0.3 is 6.09 Å². The van der Waals surface area contributed by atoms with Crippen molar-refractivity contribution in [2.45, 2.75) is 6.04 Å². The fourth-order valence-corrected chi connectivity index (χ4v) is 2.74. The number of carbonyl (C=O) groups excluding carboxylic acids is 2. The molecule has 1 heterocycles. The van der Waals surface area contributed by atoms with Crippen LogP contribution < -0.4 is 0 Å². The Morgan fingerprint density at radius 3 is 2.22 bits per heavy atom. The first-order valence-electron chi connectivity index (χ1n) is 7.48. The van der Waals surface area contributed by atoms with Gasteiger partial charge in [-0.25, -0.2) is 9.18 Å². The molecule has 1 aromatic rings. The second-order valence-corrected chi connectivity index (χ2v) is 5.67. The smallest absolute Gasteiger partial charge is 0.409 e. The predicted octanol–water partition coefficient (Wildman–Crippen LogP) is 1.34. The zero-order valence-corrected chi connectivity index (χ0v) is 13.7. The molecule has 126 valence electrons. The van der Waals surface area contributed by atoms with E-state index in [4.69, 9.17) is 0 Å². The molecule has 23 heavy (non-hydrogen) atoms. The minimum Gasteiger partial charge on any atom is -0.453 e. The molecule has 0 spiro atoms. The molecule has 0 aliphatic carbocycles. The summed E-state index contributed by atoms with van der Waals surface area (Å²) in [6, 6.07) is 5.63. The van der Waals surface area contributed by atoms with Crippen LogP contribution in [0.4, 0.5) is 9.18 Å². The molecule has 0 N–H and O–H groups in total. The van der Waals surface area contributed by atoms with Crippen molar-refractivity contribution in [2.75, 3.05) is 47.4 Å². The third-order valence-corrected chi connectivity index (χ3v) is 3.97. The fourth-order valence-electron chi connectivity index (χ4n) is 2.74. The standard InChI is InChI=1S/C16H22FN3O3/c1-18(2)14(12-6-4-5-7-13(12)17)15(21)19-8-10-20(11-9-19)16(22)23-3/h4-7,14H,8-11H2,1-3H3/t14-/m1/s1. The van der Waals surface area contributed by atoms with E-state index >= 15 is 0 Å². The highest BCUT2D eigenvalue weighted by molar-refractivity contribution is 5.83. The van der Waals surface area contributed by atoms with Crippen molar-refractivity contribution in [3.05, 3.63) is 35.6 Å². The Kier molecular flexibility index (Phi) is 5.54. The average molecular weight is 323 g/mol. The lowest BCUT2D eigenvalue weighted by Crippen LogP contribution is -2.52. The Morgan fingerprint density at radius 1 is 1.13 bits per heavy atom. The first-order chi connectivity index (χ1) is 11.0. The molecule has 0 unspecified atom stereocenters. The van der Waals surface area contributed by atoms with Gasteiger partial charge in [0, 0.05) is 31.7 Å². The van der Waals surface area contributed by atoms with Gasteiger partial charge in [0.1, 0.15) is 11.9 Å². The predicted molar refractivity (Wildman–Crippen MR) is 83.4 cm³/mol. The summed E-state index contributed by atoms with van der Waals surface area (Å²) in [5, 5.41) is 0. The van der Waals surface area contributed by atoms with E-state index in [1.54, 1.807) is 47.0 Å². The summed E-state index contributed by atoms with van der Waals surface area (Å²) in [6.07, 6.45) is -0.393. The van der Waals surface area contributed by atoms with Gasteiger partial charge in [-0.3, -0.25) is 9.69 Å². The van der Waals surface area contributed by atoms with Crippen LogP contribution >= 0.6 is 0 Å². The number of hydrogen-bond donors (Lipinski definition) is 0. The van der Waals surface area contributed by atoms with Crippen molar-refractivity contribution >= 4 is 12.0 Å². The number of benzene rings is 1. The van der Waals surface area contributed by atoms with E-state index in [-0.39, 0.29) is 5.91 Å². The molecule has 1 fully saturated rings. The molecule has 0 bridgehead atoms. The Bertz CT molecular complexity index is 571. The summed E-state index contributed by atoms with van der Waals surface area (Å²) in [7, 11) is 4.83. The van der Waals surface area contributed by atoms with E-state index in [2.05, 4.69) is 4.74 Å². The van der Waals surface area contributed by atoms with Crippen molar-refractivity contribution < 1.29 is 18.7 Å². The highest BCUT2D eigenvalue weighted by atomic mass is 19.1. The molecule has 2 amide bonds. The third kappa shape index (κ3) is 3.79. The topological polar surface area (TPSA) is 53.1 Å². The normalized spacial score (nSPS) is 16.4. The van der Waals surface area contributed by atoms with E-state index < -0.39 is 18.0 Å². The summed E-state index contributed by atoms with van der Waals surface area (Å²) in [5.74, 6) is -0.558. The van der Waals surface area contributed by atoms with Gasteiger partial charge in [0.25, 0.3) is 0 Å². The molecule has 2 rings (SSSR count). The van der Waals surface area contributed by atoms with Gasteiger partial charge in [0.15, 0.2) is 0 Å². The molecule has 7 heteroatoms. The SMILES string of the molecule is COC(=O)N1CCN(C(=O)[C@@H](c2ccccc2F)N(C)C)CC1. The third-order valence-electron chi connectivity index (χ3n) is 3.97. The van der Waals surface area contributed by atoms with E-state index in [0.717, 1.165) is 0 Å². The van der Waals surface area contributed by atoms with Crippen molar-refractivity contribution in [3.63, 3.8) is 0 Å². The first kappa shape index (κ1) is 17.2. The lowest BCUT2D eigenvalue weighted by atomic mass is 10.0. The zero-order chi connectivity index (χ0) is 17.0. The summed E-state index contributed by atoms with van der Waals surface area (Å²) in [5.41, 5.74) is 0.359. The van der Waals surface area contributed by atoms with Gasteiger partial charge in [0.05, 0.1) is 7.11 Å². The number of ether oxygens (including phenoxy) is 1. The van der Waals surface area contributed by atoms with Crippen LogP contribution in [0.3, 0.4) is 0 Å². The summed E-state index contributed by atoms with van der Waals surface area (Å²) < 4.78 is 18.8. The van der Waals surface area contributed by atoms with Crippen LogP contribution in [-0.2, 0) is 9.53 Å². The average Bonchev–Trinajstić information content (AvgIpc) is 2.56. The number of hydrogen-bond acceptors (Lipinski definition) is 4. The van der Waals surface area contributed by atoms with Crippen LogP contribution in [0.5, 0.6) is 0 Å². The second-order valence-electron chi connectivity index (χ2n) is 5.67. The van der Waals surface area contributed by atoms with Gasteiger partial charge in [-0.15, -0.1) is 0 Å². The van der Waals surface area contributed by atoms with Crippen molar-refractivity contribution in [1.82, 2.24) is 14.7 Å². The Labute approximate surface area is 135 Å². The monoisotopic (exact) mass is 323 g/mol. The van der Waals surface area contributed by atoms with E-state index in [1.807, 2.05) is 0 Å². The van der Waals surface area contributed by atoms with E-state index in [0.29, 0.717) is 31.7 Å². The number of rotatable bonds is 3. The van der Waals surface area contributed by atoms with Gasteiger partial charge in [-0.2, -0.15) is 0 Å². The Morgan fingerprint density at radius 2 is 1.70 bits per heavy atom. The lowest BCUT2D eigenvalue weighted by molar-refractivity contribution is -0.138. The molecule has 1 atom stereocenters. The number of piperazine rings is 1. The van der Waals surface area contributed by atoms with Crippen LogP contribution in [0.2, 0.25) is 0 Å². The first-order valence-corrected chi connectivity index (χ1v) is 7.48. The maximum Gasteiger partial charge on any atom is 0.409 e. The van der Waals surface area contributed by atoms with Crippen LogP contribution in [-0.4, -0.2) is 74.1 Å². The van der Waals surface area contributed by atoms with Crippen LogP contribution in [0.15, 0.2) is 24.3 Å². The molecule has 1 aliphatic heterocycles. The number of nitrogens with zero attached hydrogens (tertiary/aromatic N) is 3. The van der Waals surface area contributed by atoms with Crippen LogP contribution in [0.25, 0.3) is 0 Å². The van der Waals surface area contributed by atoms with Crippen molar-refractivity contribution in [3.8, 4) is 0 Å². The maximum absolute atomic E-state index is 14.1. The summed E-state index contributed by atoms with van der Waals surface area (Å²) >= 11 is 0. The quantitative estimate of drug-likeness (QED) is 0.842. The van der Waals surface area contributed by atoms with Crippen molar-refractivity contribution in [1.29, 1.82) is 0 Å². The molecule has 0 saturated carbocycles. The van der Waals surface area contributed by atoms with Crippen LogP contribution in [0, 0.1) is 5.82 Å². The molecule has 0 radical (unpaired) electrons. The largest absolute Gasteiger partial charge is 0.453 e. The fraction of sp³-hybridized carbons (Fsp3) is 0.500. The number of halogens is 1. The minimum absolute atomic E-state index is 0.162. The van der Waals surface area contributed by atoms with Gasteiger partial charge in [-0.1, -0.05) is 18.2 Å². The Hall–Kier alpha value is -2.15. The lowest BCUT2D eigenvalue weighted by Gasteiger charge is -2.37. The van der Waals surface area contributed by atoms with Gasteiger partial charge in [0.2, 0.25) is 5.91 Å². The minimum atomic E-state index is -0.680. The highest BCUT2D eigenvalue weighted by Gasteiger charge is 2.32. The van der Waals surface area contributed by atoms with Gasteiger partial charge < -0.3 is 14.5 Å². The molecular weight excluding hydrogens is 301 g/mol. The van der Waals surface area contributed by atoms with Crippen LogP contribution in [0.1, 0.15) is 11.6 Å². The van der Waals surface area contributed by atoms with Crippen molar-refractivity contribution in [2.24, 2.45) is 0 Å². The van der Waals surface area contributed by atoms with E-state index in [9.17, 15) is 14.0 Å². The Balaban J connectivity index is 2.12. The van der Waals surface area contributed by atoms with E-state index in [1.165, 1.54) is 13.2 Å². The number of methoxy groups -OCH3 is 1. The maximum atomic E-state index is 14.1. The molecule has 1 aliphatic rings. The number of carbonyl (C=O) groups is 2. The van der Waals surface area contributed by atoms with Gasteiger partial charge in [-0.05, 0) is 20.2 Å². The highest BCUT2D eigenvalue weighted by Crippen LogP contribution is 2.24. The molecule has 0 aromatic heterocycles. The molecule has 1 saturated heterocycles. The second kappa shape index (κ2) is 7.41. The zero-order valence-electron chi connectivity index (χ0n) is 13.7. The molecule has 1 aromatic carbocycles. The number of likely N-dealkylation sites (N-methyl/N-ethyl adjacent to an activating group) is 1. The molecular formula is C16H22FN3O3. The number of amides is 2.